The summed E-state index contributed by atoms with van der Waals surface area (Å²) in [6.45, 7) is 7.78. The molecule has 1 aromatic carbocycles. The molecule has 156 valence electrons. The number of hydrogen-bond acceptors (Lipinski definition) is 4. The number of nitrogens with zero attached hydrogens (tertiary/aromatic N) is 1. The number of unbranched alkanes of at least 4 members (excludes halogenated alkanes) is 1. The van der Waals surface area contributed by atoms with Gasteiger partial charge in [0.05, 0.1) is 20.1 Å². The van der Waals surface area contributed by atoms with E-state index in [-0.39, 0.29) is 29.6 Å². The van der Waals surface area contributed by atoms with Gasteiger partial charge in [0, 0.05) is 37.5 Å². The third kappa shape index (κ3) is 5.18. The van der Waals surface area contributed by atoms with Gasteiger partial charge >= 0.3 is 0 Å². The van der Waals surface area contributed by atoms with Crippen molar-refractivity contribution >= 4 is 11.8 Å². The molecular weight excluding hydrogens is 356 g/mol. The largest absolute Gasteiger partial charge is 0.493 e. The SMILES string of the molecule is CCCCNC(=O)[C@@H]1CN(C(=O)CC(C)C)C[C@@H]1c1cccc(OC)c1OC. The van der Waals surface area contributed by atoms with Gasteiger partial charge in [0.25, 0.3) is 0 Å². The fraction of sp³-hybridized carbons (Fsp3) is 0.636. The van der Waals surface area contributed by atoms with Crippen LogP contribution >= 0.6 is 0 Å². The molecule has 2 amide bonds. The molecule has 6 heteroatoms. The van der Waals surface area contributed by atoms with Crippen molar-refractivity contribution in [3.8, 4) is 11.5 Å². The quantitative estimate of drug-likeness (QED) is 0.658. The summed E-state index contributed by atoms with van der Waals surface area (Å²) in [5.74, 6) is 1.25. The summed E-state index contributed by atoms with van der Waals surface area (Å²) in [5, 5.41) is 3.04. The summed E-state index contributed by atoms with van der Waals surface area (Å²) in [4.78, 5) is 27.4. The van der Waals surface area contributed by atoms with Crippen LogP contribution in [0.1, 0.15) is 51.5 Å². The second kappa shape index (κ2) is 10.3. The molecule has 1 saturated heterocycles. The van der Waals surface area contributed by atoms with E-state index in [1.165, 1.54) is 0 Å². The van der Waals surface area contributed by atoms with Gasteiger partial charge in [-0.05, 0) is 18.4 Å². The minimum Gasteiger partial charge on any atom is -0.493 e. The number of likely N-dealkylation sites (tertiary alicyclic amines) is 1. The van der Waals surface area contributed by atoms with E-state index in [1.54, 1.807) is 14.2 Å². The van der Waals surface area contributed by atoms with Crippen molar-refractivity contribution in [3.63, 3.8) is 0 Å². The Hall–Kier alpha value is -2.24. The lowest BCUT2D eigenvalue weighted by Crippen LogP contribution is -2.36. The standard InChI is InChI=1S/C22H34N2O4/c1-6-7-11-23-22(26)18-14-24(20(25)12-15(2)3)13-17(18)16-9-8-10-19(27-4)21(16)28-5/h8-10,15,17-18H,6-7,11-14H2,1-5H3,(H,23,26)/t17-,18-/m1/s1. The van der Waals surface area contributed by atoms with Crippen LogP contribution in [0.25, 0.3) is 0 Å². The van der Waals surface area contributed by atoms with E-state index in [4.69, 9.17) is 9.47 Å². The number of carbonyl (C=O) groups excluding carboxylic acids is 2. The fourth-order valence-electron chi connectivity index (χ4n) is 3.79. The predicted molar refractivity (Wildman–Crippen MR) is 110 cm³/mol. The van der Waals surface area contributed by atoms with Crippen LogP contribution in [0.3, 0.4) is 0 Å². The Morgan fingerprint density at radius 2 is 1.96 bits per heavy atom. The van der Waals surface area contributed by atoms with Gasteiger partial charge in [0.1, 0.15) is 0 Å². The zero-order chi connectivity index (χ0) is 20.7. The molecule has 0 spiro atoms. The molecule has 1 fully saturated rings. The van der Waals surface area contributed by atoms with E-state index in [2.05, 4.69) is 12.2 Å². The highest BCUT2D eigenvalue weighted by Crippen LogP contribution is 2.42. The minimum atomic E-state index is -0.297. The Balaban J connectivity index is 2.31. The van der Waals surface area contributed by atoms with Gasteiger partial charge in [-0.3, -0.25) is 9.59 Å². The lowest BCUT2D eigenvalue weighted by Gasteiger charge is -2.21. The lowest BCUT2D eigenvalue weighted by molar-refractivity contribution is -0.131. The normalized spacial score (nSPS) is 19.0. The van der Waals surface area contributed by atoms with Gasteiger partial charge in [-0.2, -0.15) is 0 Å². The maximum absolute atomic E-state index is 12.9. The summed E-state index contributed by atoms with van der Waals surface area (Å²) in [6, 6.07) is 5.71. The van der Waals surface area contributed by atoms with Crippen LogP contribution in [-0.4, -0.2) is 50.6 Å². The van der Waals surface area contributed by atoms with Crippen molar-refractivity contribution in [2.45, 2.75) is 46.0 Å². The number of para-hydroxylation sites is 1. The third-order valence-corrected chi connectivity index (χ3v) is 5.25. The Morgan fingerprint density at radius 1 is 1.21 bits per heavy atom. The number of amides is 2. The molecule has 0 unspecified atom stereocenters. The zero-order valence-corrected chi connectivity index (χ0v) is 17.8. The first-order chi connectivity index (χ1) is 13.4. The van der Waals surface area contributed by atoms with Gasteiger partial charge in [-0.15, -0.1) is 0 Å². The highest BCUT2D eigenvalue weighted by atomic mass is 16.5. The molecule has 1 heterocycles. The first kappa shape index (κ1) is 22.1. The number of nitrogens with one attached hydrogen (secondary N) is 1. The summed E-state index contributed by atoms with van der Waals surface area (Å²) >= 11 is 0. The second-order valence-corrected chi connectivity index (χ2v) is 7.84. The molecule has 6 nitrogen and oxygen atoms in total. The van der Waals surface area contributed by atoms with Crippen LogP contribution in [0, 0.1) is 11.8 Å². The van der Waals surface area contributed by atoms with E-state index in [1.807, 2.05) is 36.9 Å². The van der Waals surface area contributed by atoms with Crippen LogP contribution in [0.5, 0.6) is 11.5 Å². The number of methoxy groups -OCH3 is 2. The van der Waals surface area contributed by atoms with Crippen LogP contribution in [-0.2, 0) is 9.59 Å². The topological polar surface area (TPSA) is 67.9 Å². The molecule has 28 heavy (non-hydrogen) atoms. The van der Waals surface area contributed by atoms with Crippen molar-refractivity contribution in [2.24, 2.45) is 11.8 Å². The van der Waals surface area contributed by atoms with Crippen molar-refractivity contribution < 1.29 is 19.1 Å². The van der Waals surface area contributed by atoms with Crippen molar-refractivity contribution in [1.82, 2.24) is 10.2 Å². The van der Waals surface area contributed by atoms with Gasteiger partial charge in [0.15, 0.2) is 11.5 Å². The van der Waals surface area contributed by atoms with E-state index in [0.717, 1.165) is 18.4 Å². The Labute approximate surface area is 168 Å². The van der Waals surface area contributed by atoms with Crippen molar-refractivity contribution in [1.29, 1.82) is 0 Å². The van der Waals surface area contributed by atoms with Crippen LogP contribution in [0.4, 0.5) is 0 Å². The van der Waals surface area contributed by atoms with Gasteiger partial charge in [-0.1, -0.05) is 39.3 Å². The van der Waals surface area contributed by atoms with Crippen LogP contribution in [0.15, 0.2) is 18.2 Å². The van der Waals surface area contributed by atoms with E-state index >= 15 is 0 Å². The molecule has 2 atom stereocenters. The number of ether oxygens (including phenoxy) is 2. The van der Waals surface area contributed by atoms with Gasteiger partial charge < -0.3 is 19.7 Å². The third-order valence-electron chi connectivity index (χ3n) is 5.25. The molecule has 0 aromatic heterocycles. The second-order valence-electron chi connectivity index (χ2n) is 7.84. The molecule has 1 aliphatic heterocycles. The summed E-state index contributed by atoms with van der Waals surface area (Å²) < 4.78 is 11.0. The lowest BCUT2D eigenvalue weighted by atomic mass is 9.87. The van der Waals surface area contributed by atoms with E-state index in [0.29, 0.717) is 37.6 Å². The predicted octanol–water partition coefficient (Wildman–Crippen LogP) is 3.21. The first-order valence-electron chi connectivity index (χ1n) is 10.2. The molecular formula is C22H34N2O4. The van der Waals surface area contributed by atoms with E-state index < -0.39 is 0 Å². The first-order valence-corrected chi connectivity index (χ1v) is 10.2. The average molecular weight is 391 g/mol. The monoisotopic (exact) mass is 390 g/mol. The molecule has 0 aliphatic carbocycles. The molecule has 0 saturated carbocycles. The summed E-state index contributed by atoms with van der Waals surface area (Å²) in [6.07, 6.45) is 2.46. The van der Waals surface area contributed by atoms with Crippen LogP contribution < -0.4 is 14.8 Å². The minimum absolute atomic E-state index is 0.00294. The number of carbonyl (C=O) groups is 2. The molecule has 1 N–H and O–H groups in total. The van der Waals surface area contributed by atoms with Crippen LogP contribution in [0.2, 0.25) is 0 Å². The Kier molecular flexibility index (Phi) is 8.15. The molecule has 0 radical (unpaired) electrons. The smallest absolute Gasteiger partial charge is 0.225 e. The fourth-order valence-corrected chi connectivity index (χ4v) is 3.79. The summed E-state index contributed by atoms with van der Waals surface area (Å²) in [7, 11) is 3.21. The number of hydrogen-bond donors (Lipinski definition) is 1. The van der Waals surface area contributed by atoms with E-state index in [9.17, 15) is 9.59 Å². The number of benzene rings is 1. The highest BCUT2D eigenvalue weighted by molar-refractivity contribution is 5.83. The Morgan fingerprint density at radius 3 is 2.57 bits per heavy atom. The molecule has 1 aromatic rings. The van der Waals surface area contributed by atoms with Crippen molar-refractivity contribution in [2.75, 3.05) is 33.9 Å². The zero-order valence-electron chi connectivity index (χ0n) is 17.8. The number of rotatable bonds is 9. The van der Waals surface area contributed by atoms with Gasteiger partial charge in [0.2, 0.25) is 11.8 Å². The molecule has 2 rings (SSSR count). The average Bonchev–Trinajstić information content (AvgIpc) is 3.12. The van der Waals surface area contributed by atoms with Crippen molar-refractivity contribution in [3.05, 3.63) is 23.8 Å². The summed E-state index contributed by atoms with van der Waals surface area (Å²) in [5.41, 5.74) is 0.914. The maximum Gasteiger partial charge on any atom is 0.225 e. The highest BCUT2D eigenvalue weighted by Gasteiger charge is 2.41. The molecule has 1 aliphatic rings. The maximum atomic E-state index is 12.9. The molecule has 0 bridgehead atoms. The van der Waals surface area contributed by atoms with Gasteiger partial charge in [-0.25, -0.2) is 0 Å². The Bertz CT molecular complexity index is 675.